The van der Waals surface area contributed by atoms with Crippen LogP contribution in [-0.2, 0) is 28.5 Å². The second kappa shape index (κ2) is 10.8. The zero-order chi connectivity index (χ0) is 30.4. The Labute approximate surface area is 247 Å². The van der Waals surface area contributed by atoms with E-state index in [1.807, 2.05) is 18.2 Å². The van der Waals surface area contributed by atoms with E-state index in [1.54, 1.807) is 37.4 Å². The fourth-order valence-electron chi connectivity index (χ4n) is 7.18. The van der Waals surface area contributed by atoms with Gasteiger partial charge in [-0.2, -0.15) is 18.3 Å². The molecule has 3 N–H and O–H groups in total. The molecule has 3 aromatic rings. The van der Waals surface area contributed by atoms with Gasteiger partial charge in [-0.05, 0) is 72.4 Å². The first kappa shape index (κ1) is 28.9. The van der Waals surface area contributed by atoms with Gasteiger partial charge in [0, 0.05) is 24.8 Å². The van der Waals surface area contributed by atoms with Gasteiger partial charge in [0.2, 0.25) is 11.8 Å². The summed E-state index contributed by atoms with van der Waals surface area (Å²) in [5, 5.41) is 12.1. The molecule has 1 unspecified atom stereocenters. The lowest BCUT2D eigenvalue weighted by Crippen LogP contribution is -2.49. The van der Waals surface area contributed by atoms with E-state index in [0.717, 1.165) is 37.7 Å². The summed E-state index contributed by atoms with van der Waals surface area (Å²) in [5.74, 6) is -1.61. The number of nitrogens with one attached hydrogen (secondary N) is 3. The lowest BCUT2D eigenvalue weighted by Gasteiger charge is -2.30. The highest BCUT2D eigenvalue weighted by Crippen LogP contribution is 2.64. The van der Waals surface area contributed by atoms with Crippen LogP contribution >= 0.6 is 0 Å². The summed E-state index contributed by atoms with van der Waals surface area (Å²) in [6.07, 6.45) is 2.19. The van der Waals surface area contributed by atoms with E-state index >= 15 is 0 Å². The maximum atomic E-state index is 14.0. The molecule has 226 valence electrons. The molecular formula is C32H34F3N5O3. The third kappa shape index (κ3) is 5.52. The van der Waals surface area contributed by atoms with Crippen LogP contribution in [0.25, 0.3) is 0 Å². The summed E-state index contributed by atoms with van der Waals surface area (Å²) in [6, 6.07) is 15.5. The molecule has 0 saturated heterocycles. The van der Waals surface area contributed by atoms with Gasteiger partial charge in [0.25, 0.3) is 5.91 Å². The van der Waals surface area contributed by atoms with E-state index in [2.05, 4.69) is 27.1 Å². The molecule has 2 saturated carbocycles. The Bertz CT molecular complexity index is 1540. The van der Waals surface area contributed by atoms with Crippen LogP contribution in [0.3, 0.4) is 0 Å². The standard InChI is InChI=1S/C32H34F3N5O3/c1-40-24(12-17-37-40)27(41)39-26(25-23-7-3-2-6-20(23)18-30(25)15-16-30)28(42)38-22-10-8-21(9-11-22)31(13-4-5-14-31)29(43)36-19-32(33,34)35/h2-3,6-12,17,25-26H,4-5,13-16,18-19H2,1H3,(H,36,43)(H,38,42)(H,39,41)/t25?,26-/m0/s1. The van der Waals surface area contributed by atoms with Crippen molar-refractivity contribution in [1.82, 2.24) is 20.4 Å². The van der Waals surface area contributed by atoms with Gasteiger partial charge >= 0.3 is 6.18 Å². The van der Waals surface area contributed by atoms with Crippen molar-refractivity contribution < 1.29 is 27.6 Å². The lowest BCUT2D eigenvalue weighted by atomic mass is 9.78. The first-order valence-electron chi connectivity index (χ1n) is 14.6. The van der Waals surface area contributed by atoms with Crippen molar-refractivity contribution in [3.8, 4) is 0 Å². The Morgan fingerprint density at radius 2 is 1.70 bits per heavy atom. The summed E-state index contributed by atoms with van der Waals surface area (Å²) < 4.78 is 39.9. The Balaban J connectivity index is 1.25. The molecule has 0 radical (unpaired) electrons. The fourth-order valence-corrected chi connectivity index (χ4v) is 7.18. The van der Waals surface area contributed by atoms with Crippen molar-refractivity contribution in [1.29, 1.82) is 0 Å². The third-order valence-corrected chi connectivity index (χ3v) is 9.49. The highest BCUT2D eigenvalue weighted by molar-refractivity contribution is 6.01. The summed E-state index contributed by atoms with van der Waals surface area (Å²) in [5.41, 5.74) is 2.54. The number of rotatable bonds is 8. The number of nitrogens with zero attached hydrogens (tertiary/aromatic N) is 2. The molecule has 3 aliphatic carbocycles. The predicted octanol–water partition coefficient (Wildman–Crippen LogP) is 4.77. The Morgan fingerprint density at radius 1 is 1.00 bits per heavy atom. The SMILES string of the molecule is Cn1nccc1C(=O)N[C@H](C(=O)Nc1ccc(C2(C(=O)NCC(F)(F)F)CCCC2)cc1)C1c2ccccc2CC12CC2. The van der Waals surface area contributed by atoms with Crippen molar-refractivity contribution >= 4 is 23.4 Å². The molecule has 11 heteroatoms. The van der Waals surface area contributed by atoms with Gasteiger partial charge in [0.1, 0.15) is 18.3 Å². The van der Waals surface area contributed by atoms with Gasteiger partial charge in [0.05, 0.1) is 5.41 Å². The molecule has 3 amide bonds. The summed E-state index contributed by atoms with van der Waals surface area (Å²) in [4.78, 5) is 40.3. The Hall–Kier alpha value is -4.15. The van der Waals surface area contributed by atoms with Crippen LogP contribution in [0.4, 0.5) is 18.9 Å². The second-order valence-electron chi connectivity index (χ2n) is 12.2. The molecule has 1 aromatic heterocycles. The van der Waals surface area contributed by atoms with Crippen molar-refractivity contribution in [2.75, 3.05) is 11.9 Å². The average Bonchev–Trinajstić information content (AvgIpc) is 3.29. The highest BCUT2D eigenvalue weighted by Gasteiger charge is 2.58. The number of fused-ring (bicyclic) bond motifs is 1. The van der Waals surface area contributed by atoms with Crippen molar-refractivity contribution in [3.63, 3.8) is 0 Å². The number of carbonyl (C=O) groups is 3. The van der Waals surface area contributed by atoms with Gasteiger partial charge in [-0.25, -0.2) is 0 Å². The van der Waals surface area contributed by atoms with Crippen molar-refractivity contribution in [2.24, 2.45) is 12.5 Å². The number of hydrogen-bond donors (Lipinski definition) is 3. The van der Waals surface area contributed by atoms with Crippen LogP contribution in [0.15, 0.2) is 60.8 Å². The summed E-state index contributed by atoms with van der Waals surface area (Å²) in [7, 11) is 1.67. The zero-order valence-electron chi connectivity index (χ0n) is 23.8. The minimum atomic E-state index is -4.49. The quantitative estimate of drug-likeness (QED) is 0.350. The number of benzene rings is 2. The van der Waals surface area contributed by atoms with Crippen LogP contribution in [0.2, 0.25) is 0 Å². The summed E-state index contributed by atoms with van der Waals surface area (Å²) in [6.45, 7) is -1.38. The zero-order valence-corrected chi connectivity index (χ0v) is 23.8. The molecule has 2 atom stereocenters. The number of amides is 3. The molecule has 3 aliphatic rings. The van der Waals surface area contributed by atoms with Gasteiger partial charge < -0.3 is 16.0 Å². The number of carbonyl (C=O) groups excluding carboxylic acids is 3. The molecule has 1 spiro atoms. The maximum Gasteiger partial charge on any atom is 0.405 e. The number of halogens is 3. The molecule has 2 fully saturated rings. The lowest BCUT2D eigenvalue weighted by molar-refractivity contribution is -0.141. The predicted molar refractivity (Wildman–Crippen MR) is 153 cm³/mol. The molecular weight excluding hydrogens is 559 g/mol. The van der Waals surface area contributed by atoms with Crippen molar-refractivity contribution in [3.05, 3.63) is 83.2 Å². The van der Waals surface area contributed by atoms with Crippen LogP contribution in [0.1, 0.15) is 71.6 Å². The first-order valence-corrected chi connectivity index (χ1v) is 14.6. The number of alkyl halides is 3. The van der Waals surface area contributed by atoms with Crippen LogP contribution < -0.4 is 16.0 Å². The highest BCUT2D eigenvalue weighted by atomic mass is 19.4. The van der Waals surface area contributed by atoms with Gasteiger partial charge in [-0.15, -0.1) is 0 Å². The van der Waals surface area contributed by atoms with E-state index in [-0.39, 0.29) is 17.2 Å². The monoisotopic (exact) mass is 593 g/mol. The molecule has 2 aromatic carbocycles. The fraction of sp³-hybridized carbons (Fsp3) is 0.438. The average molecular weight is 594 g/mol. The van der Waals surface area contributed by atoms with Gasteiger partial charge in [-0.3, -0.25) is 19.1 Å². The maximum absolute atomic E-state index is 14.0. The van der Waals surface area contributed by atoms with Crippen LogP contribution in [0.5, 0.6) is 0 Å². The van der Waals surface area contributed by atoms with E-state index in [0.29, 0.717) is 29.8 Å². The van der Waals surface area contributed by atoms with Gasteiger partial charge in [-0.1, -0.05) is 49.2 Å². The normalized spacial score (nSPS) is 20.3. The van der Waals surface area contributed by atoms with Crippen LogP contribution in [0, 0.1) is 5.41 Å². The Morgan fingerprint density at radius 3 is 2.33 bits per heavy atom. The largest absolute Gasteiger partial charge is 0.405 e. The van der Waals surface area contributed by atoms with Crippen molar-refractivity contribution in [2.45, 2.75) is 68.5 Å². The van der Waals surface area contributed by atoms with Crippen LogP contribution in [-0.4, -0.2) is 46.3 Å². The number of aryl methyl sites for hydroxylation is 1. The second-order valence-corrected chi connectivity index (χ2v) is 12.2. The minimum Gasteiger partial charge on any atom is -0.346 e. The smallest absolute Gasteiger partial charge is 0.346 e. The first-order chi connectivity index (χ1) is 20.5. The van der Waals surface area contributed by atoms with E-state index in [9.17, 15) is 27.6 Å². The van der Waals surface area contributed by atoms with E-state index < -0.39 is 36.0 Å². The van der Waals surface area contributed by atoms with E-state index in [1.165, 1.54) is 16.4 Å². The summed E-state index contributed by atoms with van der Waals surface area (Å²) >= 11 is 0. The topological polar surface area (TPSA) is 105 Å². The molecule has 43 heavy (non-hydrogen) atoms. The Kier molecular flexibility index (Phi) is 7.30. The van der Waals surface area contributed by atoms with Gasteiger partial charge in [0.15, 0.2) is 0 Å². The number of hydrogen-bond acceptors (Lipinski definition) is 4. The molecule has 1 heterocycles. The number of anilines is 1. The minimum absolute atomic E-state index is 0.0894. The third-order valence-electron chi connectivity index (χ3n) is 9.49. The number of aromatic nitrogens is 2. The van der Waals surface area contributed by atoms with E-state index in [4.69, 9.17) is 0 Å². The molecule has 8 nitrogen and oxygen atoms in total. The molecule has 6 rings (SSSR count). The molecule has 0 bridgehead atoms. The molecule has 0 aliphatic heterocycles.